The molecule has 4 aromatic heterocycles. The number of hydrogen-bond acceptors (Lipinski definition) is 10. The molecule has 9 rings (SSSR count). The van der Waals surface area contributed by atoms with Crippen molar-refractivity contribution in [1.29, 1.82) is 0 Å². The number of rotatable bonds is 3. The van der Waals surface area contributed by atoms with Gasteiger partial charge in [0.25, 0.3) is 0 Å². The largest absolute Gasteiger partial charge is 0.494 e. The molecule has 2 fully saturated rings. The molecule has 6 bridgehead atoms. The molecule has 3 atom stereocenters. The van der Waals surface area contributed by atoms with E-state index < -0.39 is 17.7 Å². The topological polar surface area (TPSA) is 128 Å². The van der Waals surface area contributed by atoms with Gasteiger partial charge in [-0.25, -0.2) is 33.4 Å². The Bertz CT molecular complexity index is 2380. The molecule has 0 spiro atoms. The Kier molecular flexibility index (Phi) is 7.75. The first-order valence-corrected chi connectivity index (χ1v) is 17.4. The molecule has 0 radical (unpaired) electrons. The van der Waals surface area contributed by atoms with Gasteiger partial charge in [0.1, 0.15) is 52.4 Å². The normalized spacial score (nSPS) is 20.5. The zero-order chi connectivity index (χ0) is 35.7. The van der Waals surface area contributed by atoms with Crippen LogP contribution in [0.1, 0.15) is 24.5 Å². The maximum absolute atomic E-state index is 15.1. The number of fused-ring (bicyclic) bond motifs is 8. The van der Waals surface area contributed by atoms with Crippen LogP contribution in [0, 0.1) is 25.5 Å². The third-order valence-electron chi connectivity index (χ3n) is 10.2. The van der Waals surface area contributed by atoms with Crippen LogP contribution in [0.25, 0.3) is 39.0 Å². The van der Waals surface area contributed by atoms with Gasteiger partial charge in [-0.2, -0.15) is 5.10 Å². The first-order valence-electron chi connectivity index (χ1n) is 17.4. The fourth-order valence-corrected chi connectivity index (χ4v) is 7.89. The van der Waals surface area contributed by atoms with E-state index in [9.17, 15) is 9.18 Å². The number of aromatic nitrogens is 7. The van der Waals surface area contributed by atoms with Crippen molar-refractivity contribution in [2.45, 2.75) is 51.4 Å². The van der Waals surface area contributed by atoms with E-state index in [1.54, 1.807) is 23.9 Å². The van der Waals surface area contributed by atoms with Gasteiger partial charge in [-0.3, -0.25) is 4.79 Å². The minimum atomic E-state index is -0.571. The van der Waals surface area contributed by atoms with Crippen molar-refractivity contribution in [3.05, 3.63) is 78.0 Å². The summed E-state index contributed by atoms with van der Waals surface area (Å²) in [6, 6.07) is 12.1. The third kappa shape index (κ3) is 5.46. The Morgan fingerprint density at radius 1 is 0.981 bits per heavy atom. The highest BCUT2D eigenvalue weighted by Gasteiger charge is 2.42. The van der Waals surface area contributed by atoms with Crippen LogP contribution in [-0.4, -0.2) is 96.6 Å². The number of amides is 1. The summed E-state index contributed by atoms with van der Waals surface area (Å²) >= 11 is 0. The van der Waals surface area contributed by atoms with E-state index in [1.807, 2.05) is 34.9 Å². The number of aryl methyl sites for hydroxylation is 2. The maximum Gasteiger partial charge on any atom is 0.245 e. The summed E-state index contributed by atoms with van der Waals surface area (Å²) < 4.78 is 44.7. The molecule has 3 aliphatic heterocycles. The van der Waals surface area contributed by atoms with E-state index in [4.69, 9.17) is 29.4 Å². The van der Waals surface area contributed by atoms with Crippen molar-refractivity contribution in [2.24, 2.45) is 0 Å². The number of halogens is 2. The Hall–Kier alpha value is -5.70. The lowest BCUT2D eigenvalue weighted by Gasteiger charge is -2.31. The Morgan fingerprint density at radius 2 is 1.87 bits per heavy atom. The second kappa shape index (κ2) is 12.5. The highest BCUT2D eigenvalue weighted by molar-refractivity contribution is 5.94. The van der Waals surface area contributed by atoms with Crippen molar-refractivity contribution >= 4 is 39.6 Å². The first-order chi connectivity index (χ1) is 25.2. The second-order valence-electron chi connectivity index (χ2n) is 13.6. The van der Waals surface area contributed by atoms with E-state index in [0.717, 1.165) is 11.3 Å². The molecule has 15 heteroatoms. The van der Waals surface area contributed by atoms with E-state index >= 15 is 4.39 Å². The number of carbonyl (C=O) groups excluding carboxylic acids is 1. The number of anilines is 2. The molecular formula is C37H36F2N10O3. The molecule has 6 aromatic rings. The van der Waals surface area contributed by atoms with Crippen LogP contribution in [0.15, 0.2) is 54.7 Å². The van der Waals surface area contributed by atoms with Gasteiger partial charge in [0.15, 0.2) is 5.65 Å². The van der Waals surface area contributed by atoms with E-state index in [0.29, 0.717) is 102 Å². The van der Waals surface area contributed by atoms with Crippen LogP contribution < -0.4 is 15.0 Å². The van der Waals surface area contributed by atoms with Crippen LogP contribution in [0.5, 0.6) is 5.75 Å². The molecule has 7 heterocycles. The summed E-state index contributed by atoms with van der Waals surface area (Å²) in [5.41, 5.74) is 3.58. The molecule has 0 unspecified atom stereocenters. The van der Waals surface area contributed by atoms with Gasteiger partial charge >= 0.3 is 0 Å². The van der Waals surface area contributed by atoms with Gasteiger partial charge in [0, 0.05) is 50.0 Å². The number of nitrogens with zero attached hydrogens (tertiary/aromatic N) is 9. The number of imidazole rings is 1. The predicted octanol–water partition coefficient (Wildman–Crippen LogP) is 4.82. The smallest absolute Gasteiger partial charge is 0.245 e. The van der Waals surface area contributed by atoms with Crippen molar-refractivity contribution in [2.75, 3.05) is 43.6 Å². The molecule has 3 aliphatic rings. The SMILES string of the molecule is COc1cc(F)ccc1-n1ncc2c(N3C[C@@H]4C[C@H]3C(=O)N3CCCO[C@@H](C3)Cn3c(C)nc5cc(F)cc(c53)-c3cccc(n3)N4)nc(C)nc21. The van der Waals surface area contributed by atoms with Crippen LogP contribution in [0.3, 0.4) is 0 Å². The monoisotopic (exact) mass is 706 g/mol. The van der Waals surface area contributed by atoms with Gasteiger partial charge in [-0.1, -0.05) is 6.07 Å². The fourth-order valence-electron chi connectivity index (χ4n) is 7.89. The predicted molar refractivity (Wildman–Crippen MR) is 190 cm³/mol. The number of methoxy groups -OCH3 is 1. The molecule has 2 aromatic carbocycles. The zero-order valence-corrected chi connectivity index (χ0v) is 28.9. The van der Waals surface area contributed by atoms with E-state index in [-0.39, 0.29) is 18.1 Å². The fraction of sp³-hybridized carbons (Fsp3) is 0.351. The molecule has 1 N–H and O–H groups in total. The minimum Gasteiger partial charge on any atom is -0.494 e. The first kappa shape index (κ1) is 32.2. The number of pyridine rings is 1. The minimum absolute atomic E-state index is 0.0247. The molecule has 0 saturated carbocycles. The van der Waals surface area contributed by atoms with E-state index in [2.05, 4.69) is 15.0 Å². The summed E-state index contributed by atoms with van der Waals surface area (Å²) in [7, 11) is 1.48. The van der Waals surface area contributed by atoms with Crippen molar-refractivity contribution < 1.29 is 23.0 Å². The average Bonchev–Trinajstić information content (AvgIpc) is 3.77. The van der Waals surface area contributed by atoms with Gasteiger partial charge in [0.2, 0.25) is 5.91 Å². The summed E-state index contributed by atoms with van der Waals surface area (Å²) in [5, 5.41) is 8.86. The number of hydrogen-bond donors (Lipinski definition) is 1. The molecule has 2 saturated heterocycles. The molecule has 266 valence electrons. The number of nitrogens with one attached hydrogen (secondary N) is 1. The van der Waals surface area contributed by atoms with E-state index in [1.165, 1.54) is 31.4 Å². The number of carbonyl (C=O) groups is 1. The molecule has 0 aliphatic carbocycles. The average molecular weight is 707 g/mol. The summed E-state index contributed by atoms with van der Waals surface area (Å²) in [6.45, 7) is 5.98. The lowest BCUT2D eigenvalue weighted by molar-refractivity contribution is -0.133. The lowest BCUT2D eigenvalue weighted by Crippen LogP contribution is -2.48. The highest BCUT2D eigenvalue weighted by atomic mass is 19.1. The maximum atomic E-state index is 15.1. The molecular weight excluding hydrogens is 670 g/mol. The molecule has 52 heavy (non-hydrogen) atoms. The van der Waals surface area contributed by atoms with Gasteiger partial charge in [-0.05, 0) is 57.0 Å². The Morgan fingerprint density at radius 3 is 2.73 bits per heavy atom. The Balaban J connectivity index is 1.17. The van der Waals surface area contributed by atoms with Gasteiger partial charge < -0.3 is 29.2 Å². The standard InChI is InChI=1S/C37H36F2N10O3/c1-20-41-35(27-16-40-49(36(27)42-20)30-9-8-22(38)14-32(30)51-3)48-17-24-15-31(48)37(50)46-10-5-11-52-25(18-46)19-47-21(2)43-29-13-23(39)12-26(34(29)47)28-6-4-7-33(44-24)45-28/h4,6-9,12-14,16,24-25,31H,5,10-11,15,17-19H2,1-3H3,(H,44,45)/t24-,25-,31-/m0/s1. The van der Waals surface area contributed by atoms with Crippen LogP contribution in [-0.2, 0) is 16.1 Å². The quantitative estimate of drug-likeness (QED) is 0.274. The summed E-state index contributed by atoms with van der Waals surface area (Å²) in [6.07, 6.45) is 2.51. The van der Waals surface area contributed by atoms with Crippen molar-refractivity contribution in [3.63, 3.8) is 0 Å². The van der Waals surface area contributed by atoms with Crippen molar-refractivity contribution in [3.8, 4) is 22.7 Å². The lowest BCUT2D eigenvalue weighted by atomic mass is 10.1. The molecule has 13 nitrogen and oxygen atoms in total. The third-order valence-corrected chi connectivity index (χ3v) is 10.2. The Labute approximate surface area is 297 Å². The van der Waals surface area contributed by atoms with Crippen LogP contribution >= 0.6 is 0 Å². The summed E-state index contributed by atoms with van der Waals surface area (Å²) in [5.74, 6) is 1.84. The highest BCUT2D eigenvalue weighted by Crippen LogP contribution is 2.36. The van der Waals surface area contributed by atoms with Gasteiger partial charge in [0.05, 0.1) is 48.1 Å². The van der Waals surface area contributed by atoms with Gasteiger partial charge in [-0.15, -0.1) is 0 Å². The van der Waals surface area contributed by atoms with Crippen LogP contribution in [0.4, 0.5) is 20.4 Å². The number of benzene rings is 2. The van der Waals surface area contributed by atoms with Crippen molar-refractivity contribution in [1.82, 2.24) is 39.2 Å². The second-order valence-corrected chi connectivity index (χ2v) is 13.6. The molecule has 1 amide bonds. The van der Waals surface area contributed by atoms with Crippen LogP contribution in [0.2, 0.25) is 0 Å². The number of ether oxygens (including phenoxy) is 2. The zero-order valence-electron chi connectivity index (χ0n) is 28.9. The summed E-state index contributed by atoms with van der Waals surface area (Å²) in [4.78, 5) is 38.0.